The highest BCUT2D eigenvalue weighted by molar-refractivity contribution is 14.0. The fourth-order valence-corrected chi connectivity index (χ4v) is 2.87. The topological polar surface area (TPSA) is 78.1 Å². The predicted molar refractivity (Wildman–Crippen MR) is 113 cm³/mol. The maximum absolute atomic E-state index is 6.09. The molecular formula is C19H24IN3O3. The number of hydrogen-bond donors (Lipinski definition) is 2. The molecule has 0 amide bonds. The molecule has 2 aromatic carbocycles. The van der Waals surface area contributed by atoms with Gasteiger partial charge in [0.25, 0.3) is 0 Å². The van der Waals surface area contributed by atoms with Gasteiger partial charge in [-0.05, 0) is 18.2 Å². The van der Waals surface area contributed by atoms with Gasteiger partial charge in [0.2, 0.25) is 0 Å². The average Bonchev–Trinajstić information content (AvgIpc) is 2.66. The summed E-state index contributed by atoms with van der Waals surface area (Å²) in [6, 6.07) is 13.7. The molecule has 0 saturated heterocycles. The molecule has 1 heterocycles. The van der Waals surface area contributed by atoms with E-state index < -0.39 is 0 Å². The highest BCUT2D eigenvalue weighted by Crippen LogP contribution is 2.31. The molecule has 0 radical (unpaired) electrons. The third-order valence-electron chi connectivity index (χ3n) is 4.19. The summed E-state index contributed by atoms with van der Waals surface area (Å²) in [5.41, 5.74) is 8.14. The fourth-order valence-electron chi connectivity index (χ4n) is 2.87. The van der Waals surface area contributed by atoms with Crippen LogP contribution in [0.2, 0.25) is 0 Å². The van der Waals surface area contributed by atoms with E-state index in [0.717, 1.165) is 34.8 Å². The van der Waals surface area contributed by atoms with Gasteiger partial charge in [-0.3, -0.25) is 0 Å². The first kappa shape index (κ1) is 20.2. The maximum atomic E-state index is 6.09. The summed E-state index contributed by atoms with van der Waals surface area (Å²) in [6.45, 7) is 1.09. The molecule has 0 saturated carbocycles. The number of guanidine groups is 1. The predicted octanol–water partition coefficient (Wildman–Crippen LogP) is 3.25. The molecule has 0 spiro atoms. The molecule has 0 aromatic heterocycles. The number of nitrogens with one attached hydrogen (secondary N) is 1. The number of benzene rings is 2. The lowest BCUT2D eigenvalue weighted by Gasteiger charge is -2.26. The minimum absolute atomic E-state index is 0. The van der Waals surface area contributed by atoms with Gasteiger partial charge in [0.05, 0.1) is 33.4 Å². The van der Waals surface area contributed by atoms with E-state index in [9.17, 15) is 0 Å². The number of hydrogen-bond acceptors (Lipinski definition) is 4. The summed E-state index contributed by atoms with van der Waals surface area (Å²) in [5, 5.41) is 3.29. The van der Waals surface area contributed by atoms with Crippen molar-refractivity contribution in [2.45, 2.75) is 19.0 Å². The lowest BCUT2D eigenvalue weighted by atomic mass is 10.0. The summed E-state index contributed by atoms with van der Waals surface area (Å²) in [5.74, 6) is 2.78. The van der Waals surface area contributed by atoms with Gasteiger partial charge in [0, 0.05) is 23.6 Å². The normalized spacial score (nSPS) is 15.9. The van der Waals surface area contributed by atoms with Crippen LogP contribution in [0.4, 0.5) is 0 Å². The summed E-state index contributed by atoms with van der Waals surface area (Å²) in [7, 11) is 3.25. The molecule has 3 rings (SSSR count). The molecule has 3 N–H and O–H groups in total. The van der Waals surface area contributed by atoms with Crippen LogP contribution in [0.3, 0.4) is 0 Å². The quantitative estimate of drug-likeness (QED) is 0.400. The zero-order valence-electron chi connectivity index (χ0n) is 14.9. The molecule has 0 bridgehead atoms. The molecular weight excluding hydrogens is 445 g/mol. The Labute approximate surface area is 170 Å². The molecule has 1 aliphatic rings. The second-order valence-electron chi connectivity index (χ2n) is 5.75. The third-order valence-corrected chi connectivity index (χ3v) is 4.19. The molecule has 7 heteroatoms. The molecule has 26 heavy (non-hydrogen) atoms. The van der Waals surface area contributed by atoms with E-state index in [1.807, 2.05) is 42.5 Å². The number of para-hydroxylation sites is 1. The van der Waals surface area contributed by atoms with Gasteiger partial charge in [0.15, 0.2) is 5.96 Å². The Bertz CT molecular complexity index is 767. The summed E-state index contributed by atoms with van der Waals surface area (Å²) >= 11 is 0. The van der Waals surface area contributed by atoms with Crippen LogP contribution in [-0.2, 0) is 6.54 Å². The van der Waals surface area contributed by atoms with E-state index in [2.05, 4.69) is 10.3 Å². The van der Waals surface area contributed by atoms with Gasteiger partial charge in [-0.15, -0.1) is 24.0 Å². The molecule has 0 aliphatic carbocycles. The SMILES string of the molecule is COc1ccc(CN=C(N)NC2CCOc3ccccc32)c(OC)c1.I. The van der Waals surface area contributed by atoms with E-state index in [-0.39, 0.29) is 30.0 Å². The van der Waals surface area contributed by atoms with Crippen LogP contribution >= 0.6 is 24.0 Å². The van der Waals surface area contributed by atoms with E-state index >= 15 is 0 Å². The van der Waals surface area contributed by atoms with Crippen molar-refractivity contribution in [1.29, 1.82) is 0 Å². The number of rotatable bonds is 5. The molecule has 1 aliphatic heterocycles. The van der Waals surface area contributed by atoms with Crippen LogP contribution in [0.25, 0.3) is 0 Å². The minimum atomic E-state index is 0. The van der Waals surface area contributed by atoms with Gasteiger partial charge in [-0.2, -0.15) is 0 Å². The van der Waals surface area contributed by atoms with Gasteiger partial charge in [-0.1, -0.05) is 18.2 Å². The lowest BCUT2D eigenvalue weighted by Crippen LogP contribution is -2.37. The van der Waals surface area contributed by atoms with Crippen molar-refractivity contribution >= 4 is 29.9 Å². The fraction of sp³-hybridized carbons (Fsp3) is 0.316. The summed E-state index contributed by atoms with van der Waals surface area (Å²) in [4.78, 5) is 4.45. The number of halogens is 1. The van der Waals surface area contributed by atoms with E-state index in [4.69, 9.17) is 19.9 Å². The smallest absolute Gasteiger partial charge is 0.189 e. The van der Waals surface area contributed by atoms with Crippen molar-refractivity contribution in [1.82, 2.24) is 5.32 Å². The Balaban J connectivity index is 0.00000243. The number of ether oxygens (including phenoxy) is 3. The molecule has 1 atom stereocenters. The molecule has 1 unspecified atom stereocenters. The highest BCUT2D eigenvalue weighted by atomic mass is 127. The summed E-state index contributed by atoms with van der Waals surface area (Å²) < 4.78 is 16.3. The average molecular weight is 469 g/mol. The van der Waals surface area contributed by atoms with Crippen LogP contribution in [0, 0.1) is 0 Å². The number of aliphatic imine (C=N–C) groups is 1. The standard InChI is InChI=1S/C19H23N3O3.HI/c1-23-14-8-7-13(18(11-14)24-2)12-21-19(20)22-16-9-10-25-17-6-4-3-5-15(16)17;/h3-8,11,16H,9-10,12H2,1-2H3,(H3,20,21,22);1H. The molecule has 2 aromatic rings. The van der Waals surface area contributed by atoms with Gasteiger partial charge in [-0.25, -0.2) is 4.99 Å². The molecule has 140 valence electrons. The second-order valence-corrected chi connectivity index (χ2v) is 5.75. The third kappa shape index (κ3) is 4.72. The van der Waals surface area contributed by atoms with Crippen molar-refractivity contribution in [3.63, 3.8) is 0 Å². The molecule has 6 nitrogen and oxygen atoms in total. The number of fused-ring (bicyclic) bond motifs is 1. The largest absolute Gasteiger partial charge is 0.497 e. The monoisotopic (exact) mass is 469 g/mol. The van der Waals surface area contributed by atoms with Crippen molar-refractivity contribution < 1.29 is 14.2 Å². The minimum Gasteiger partial charge on any atom is -0.497 e. The van der Waals surface area contributed by atoms with E-state index in [1.165, 1.54) is 0 Å². The van der Waals surface area contributed by atoms with Crippen LogP contribution in [0.15, 0.2) is 47.5 Å². The van der Waals surface area contributed by atoms with Gasteiger partial charge >= 0.3 is 0 Å². The van der Waals surface area contributed by atoms with Crippen LogP contribution in [0.1, 0.15) is 23.6 Å². The highest BCUT2D eigenvalue weighted by Gasteiger charge is 2.21. The Morgan fingerprint density at radius 2 is 2.04 bits per heavy atom. The van der Waals surface area contributed by atoms with Crippen molar-refractivity contribution in [2.24, 2.45) is 10.7 Å². The first-order chi connectivity index (χ1) is 12.2. The van der Waals surface area contributed by atoms with Gasteiger partial charge in [0.1, 0.15) is 17.2 Å². The number of methoxy groups -OCH3 is 2. The lowest BCUT2D eigenvalue weighted by molar-refractivity contribution is 0.262. The van der Waals surface area contributed by atoms with Crippen molar-refractivity contribution in [3.8, 4) is 17.2 Å². The Morgan fingerprint density at radius 3 is 2.81 bits per heavy atom. The second kappa shape index (κ2) is 9.51. The first-order valence-electron chi connectivity index (χ1n) is 8.20. The zero-order valence-corrected chi connectivity index (χ0v) is 17.2. The van der Waals surface area contributed by atoms with Crippen molar-refractivity contribution in [2.75, 3.05) is 20.8 Å². The van der Waals surface area contributed by atoms with Crippen molar-refractivity contribution in [3.05, 3.63) is 53.6 Å². The Hall–Kier alpha value is -2.16. The van der Waals surface area contributed by atoms with E-state index in [1.54, 1.807) is 14.2 Å². The van der Waals surface area contributed by atoms with Gasteiger partial charge < -0.3 is 25.3 Å². The van der Waals surface area contributed by atoms with Crippen LogP contribution in [-0.4, -0.2) is 26.8 Å². The van der Waals surface area contributed by atoms with Crippen LogP contribution in [0.5, 0.6) is 17.2 Å². The van der Waals surface area contributed by atoms with E-state index in [0.29, 0.717) is 19.1 Å². The molecule has 0 fully saturated rings. The maximum Gasteiger partial charge on any atom is 0.189 e. The van der Waals surface area contributed by atoms with Crippen LogP contribution < -0.4 is 25.3 Å². The summed E-state index contributed by atoms with van der Waals surface area (Å²) in [6.07, 6.45) is 0.846. The Morgan fingerprint density at radius 1 is 1.23 bits per heavy atom. The zero-order chi connectivity index (χ0) is 17.6. The first-order valence-corrected chi connectivity index (χ1v) is 8.20. The number of nitrogens with two attached hydrogens (primary N) is 1. The Kier molecular flexibility index (Phi) is 7.38. The number of nitrogens with zero attached hydrogens (tertiary/aromatic N) is 1.